The third-order valence-electron chi connectivity index (χ3n) is 3.75. The molecule has 132 valence electrons. The van der Waals surface area contributed by atoms with Crippen molar-refractivity contribution in [3.05, 3.63) is 39.4 Å². The van der Waals surface area contributed by atoms with E-state index in [4.69, 9.17) is 5.73 Å². The lowest BCUT2D eigenvalue weighted by atomic mass is 10.0. The van der Waals surface area contributed by atoms with Crippen LogP contribution in [-0.4, -0.2) is 29.3 Å². The number of nitrogens with one attached hydrogen (secondary N) is 2. The smallest absolute Gasteiger partial charge is 0.272 e. The minimum Gasteiger partial charge on any atom is -0.348 e. The van der Waals surface area contributed by atoms with Gasteiger partial charge in [-0.3, -0.25) is 19.7 Å². The Hall–Kier alpha value is -2.48. The number of hydrogen-bond donors (Lipinski definition) is 3. The highest BCUT2D eigenvalue weighted by molar-refractivity contribution is 5.87. The largest absolute Gasteiger partial charge is 0.348 e. The van der Waals surface area contributed by atoms with E-state index >= 15 is 0 Å². The summed E-state index contributed by atoms with van der Waals surface area (Å²) in [6.07, 6.45) is 0. The summed E-state index contributed by atoms with van der Waals surface area (Å²) in [5.74, 6) is -0.811. The molecular weight excluding hydrogens is 312 g/mol. The van der Waals surface area contributed by atoms with Crippen LogP contribution in [0.5, 0.6) is 0 Å². The molecule has 0 heterocycles. The summed E-state index contributed by atoms with van der Waals surface area (Å²) >= 11 is 0. The summed E-state index contributed by atoms with van der Waals surface area (Å²) in [7, 11) is 0. The van der Waals surface area contributed by atoms with E-state index in [0.717, 1.165) is 0 Å². The molecule has 0 aliphatic carbocycles. The first-order valence-corrected chi connectivity index (χ1v) is 7.71. The number of nitro benzene ring substituents is 1. The van der Waals surface area contributed by atoms with Crippen molar-refractivity contribution in [2.24, 2.45) is 11.7 Å². The fraction of sp³-hybridized carbons (Fsp3) is 0.500. The number of benzene rings is 1. The highest BCUT2D eigenvalue weighted by Gasteiger charge is 2.19. The van der Waals surface area contributed by atoms with Crippen LogP contribution in [0.25, 0.3) is 0 Å². The number of carbonyl (C=O) groups is 2. The molecule has 0 bridgehead atoms. The second-order valence-corrected chi connectivity index (χ2v) is 6.08. The molecule has 24 heavy (non-hydrogen) atoms. The van der Waals surface area contributed by atoms with Crippen molar-refractivity contribution in [2.45, 2.75) is 39.8 Å². The summed E-state index contributed by atoms with van der Waals surface area (Å²) in [6.45, 7) is 6.80. The van der Waals surface area contributed by atoms with Crippen molar-refractivity contribution >= 4 is 17.5 Å². The van der Waals surface area contributed by atoms with Gasteiger partial charge in [0.2, 0.25) is 11.8 Å². The van der Waals surface area contributed by atoms with E-state index in [9.17, 15) is 19.7 Å². The van der Waals surface area contributed by atoms with Gasteiger partial charge >= 0.3 is 0 Å². The van der Waals surface area contributed by atoms with Crippen LogP contribution in [0.4, 0.5) is 5.69 Å². The van der Waals surface area contributed by atoms with Crippen LogP contribution in [0.15, 0.2) is 18.2 Å². The Morgan fingerprint density at radius 1 is 1.29 bits per heavy atom. The molecule has 0 aromatic heterocycles. The van der Waals surface area contributed by atoms with E-state index in [1.165, 1.54) is 6.07 Å². The van der Waals surface area contributed by atoms with Gasteiger partial charge in [0.1, 0.15) is 0 Å². The molecule has 1 unspecified atom stereocenters. The quantitative estimate of drug-likeness (QED) is 0.509. The molecule has 8 nitrogen and oxygen atoms in total. The Labute approximate surface area is 140 Å². The van der Waals surface area contributed by atoms with Crippen LogP contribution in [0, 0.1) is 23.0 Å². The fourth-order valence-electron chi connectivity index (χ4n) is 2.06. The number of amides is 2. The summed E-state index contributed by atoms with van der Waals surface area (Å²) in [5, 5.41) is 16.1. The van der Waals surface area contributed by atoms with Gasteiger partial charge in [-0.1, -0.05) is 26.0 Å². The molecule has 2 atom stereocenters. The molecule has 1 rings (SSSR count). The average Bonchev–Trinajstić information content (AvgIpc) is 2.51. The first kappa shape index (κ1) is 19.6. The SMILES string of the molecule is Cc1ccc(C(C)NC(=O)CNC(=O)[C@@H](N)C(C)C)cc1[N+](=O)[O-]. The lowest BCUT2D eigenvalue weighted by molar-refractivity contribution is -0.385. The van der Waals surface area contributed by atoms with Gasteiger partial charge in [-0.2, -0.15) is 0 Å². The number of carbonyl (C=O) groups excluding carboxylic acids is 2. The predicted molar refractivity (Wildman–Crippen MR) is 90.2 cm³/mol. The zero-order valence-corrected chi connectivity index (χ0v) is 14.3. The molecule has 2 amide bonds. The van der Waals surface area contributed by atoms with Gasteiger partial charge in [0.25, 0.3) is 5.69 Å². The minimum atomic E-state index is -0.671. The number of nitrogens with zero attached hydrogens (tertiary/aromatic N) is 1. The highest BCUT2D eigenvalue weighted by Crippen LogP contribution is 2.23. The van der Waals surface area contributed by atoms with Gasteiger partial charge in [-0.25, -0.2) is 0 Å². The molecule has 4 N–H and O–H groups in total. The number of rotatable bonds is 7. The van der Waals surface area contributed by atoms with Crippen molar-refractivity contribution in [2.75, 3.05) is 6.54 Å². The molecule has 8 heteroatoms. The second-order valence-electron chi connectivity index (χ2n) is 6.08. The summed E-state index contributed by atoms with van der Waals surface area (Å²) in [5.41, 5.74) is 6.86. The predicted octanol–water partition coefficient (Wildman–Crippen LogP) is 1.18. The topological polar surface area (TPSA) is 127 Å². The molecule has 0 aliphatic rings. The van der Waals surface area contributed by atoms with Crippen LogP contribution in [0.2, 0.25) is 0 Å². The normalized spacial score (nSPS) is 13.2. The van der Waals surface area contributed by atoms with Gasteiger partial charge in [0, 0.05) is 11.6 Å². The molecule has 1 aromatic rings. The van der Waals surface area contributed by atoms with E-state index in [1.54, 1.807) is 26.0 Å². The van der Waals surface area contributed by atoms with Gasteiger partial charge in [-0.15, -0.1) is 0 Å². The number of nitro groups is 1. The summed E-state index contributed by atoms with van der Waals surface area (Å²) < 4.78 is 0. The lowest BCUT2D eigenvalue weighted by Gasteiger charge is -2.17. The molecule has 0 fully saturated rings. The Morgan fingerprint density at radius 2 is 1.92 bits per heavy atom. The first-order valence-electron chi connectivity index (χ1n) is 7.71. The molecule has 1 aromatic carbocycles. The van der Waals surface area contributed by atoms with Crippen molar-refractivity contribution < 1.29 is 14.5 Å². The Morgan fingerprint density at radius 3 is 2.46 bits per heavy atom. The standard InChI is InChI=1S/C16H24N4O4/c1-9(2)15(17)16(22)18-8-14(21)19-11(4)12-6-5-10(3)13(7-12)20(23)24/h5-7,9,11,15H,8,17H2,1-4H3,(H,18,22)(H,19,21)/t11?,15-/m0/s1. The molecule has 0 aliphatic heterocycles. The molecule has 0 saturated carbocycles. The van der Waals surface area contributed by atoms with E-state index in [1.807, 2.05) is 13.8 Å². The van der Waals surface area contributed by atoms with Crippen LogP contribution in [-0.2, 0) is 9.59 Å². The lowest BCUT2D eigenvalue weighted by Crippen LogP contribution is -2.47. The van der Waals surface area contributed by atoms with Crippen LogP contribution in [0.3, 0.4) is 0 Å². The first-order chi connectivity index (χ1) is 11.1. The maximum Gasteiger partial charge on any atom is 0.272 e. The minimum absolute atomic E-state index is 0.00445. The monoisotopic (exact) mass is 336 g/mol. The third kappa shape index (κ3) is 5.31. The van der Waals surface area contributed by atoms with Crippen molar-refractivity contribution in [3.63, 3.8) is 0 Å². The summed E-state index contributed by atoms with van der Waals surface area (Å²) in [6, 6.07) is 3.70. The molecule has 0 radical (unpaired) electrons. The van der Waals surface area contributed by atoms with Gasteiger partial charge < -0.3 is 16.4 Å². The van der Waals surface area contributed by atoms with E-state index in [-0.39, 0.29) is 18.2 Å². The fourth-order valence-corrected chi connectivity index (χ4v) is 2.06. The van der Waals surface area contributed by atoms with E-state index in [0.29, 0.717) is 11.1 Å². The van der Waals surface area contributed by atoms with Crippen LogP contribution in [0.1, 0.15) is 37.9 Å². The maximum absolute atomic E-state index is 11.9. The molecular formula is C16H24N4O4. The average molecular weight is 336 g/mol. The van der Waals surface area contributed by atoms with Crippen LogP contribution >= 0.6 is 0 Å². The van der Waals surface area contributed by atoms with Crippen molar-refractivity contribution in [1.82, 2.24) is 10.6 Å². The number of nitrogens with two attached hydrogens (primary N) is 1. The Balaban J connectivity index is 2.63. The van der Waals surface area contributed by atoms with E-state index in [2.05, 4.69) is 10.6 Å². The summed E-state index contributed by atoms with van der Waals surface area (Å²) in [4.78, 5) is 34.1. The van der Waals surface area contributed by atoms with Gasteiger partial charge in [0.15, 0.2) is 0 Å². The van der Waals surface area contributed by atoms with Crippen molar-refractivity contribution in [1.29, 1.82) is 0 Å². The van der Waals surface area contributed by atoms with Crippen LogP contribution < -0.4 is 16.4 Å². The Bertz CT molecular complexity index is 631. The zero-order valence-electron chi connectivity index (χ0n) is 14.3. The number of hydrogen-bond acceptors (Lipinski definition) is 5. The van der Waals surface area contributed by atoms with E-state index < -0.39 is 28.8 Å². The number of aryl methyl sites for hydroxylation is 1. The molecule has 0 spiro atoms. The highest BCUT2D eigenvalue weighted by atomic mass is 16.6. The van der Waals surface area contributed by atoms with Gasteiger partial charge in [0.05, 0.1) is 23.6 Å². The van der Waals surface area contributed by atoms with Crippen molar-refractivity contribution in [3.8, 4) is 0 Å². The zero-order chi connectivity index (χ0) is 18.4. The second kappa shape index (κ2) is 8.39. The van der Waals surface area contributed by atoms with Gasteiger partial charge in [-0.05, 0) is 25.3 Å². The maximum atomic E-state index is 11.9. The Kier molecular flexibility index (Phi) is 6.84. The third-order valence-corrected chi connectivity index (χ3v) is 3.75. The molecule has 0 saturated heterocycles.